The highest BCUT2D eigenvalue weighted by atomic mass is 16.5. The second-order valence-corrected chi connectivity index (χ2v) is 5.93. The van der Waals surface area contributed by atoms with E-state index in [9.17, 15) is 4.79 Å². The minimum Gasteiger partial charge on any atom is -0.493 e. The van der Waals surface area contributed by atoms with Gasteiger partial charge in [0.05, 0.1) is 20.6 Å². The smallest absolute Gasteiger partial charge is 0.224 e. The van der Waals surface area contributed by atoms with Crippen LogP contribution in [0.3, 0.4) is 0 Å². The molecule has 3 aromatic rings. The first kappa shape index (κ1) is 16.9. The summed E-state index contributed by atoms with van der Waals surface area (Å²) in [5.74, 6) is 1.25. The van der Waals surface area contributed by atoms with Crippen LogP contribution in [0.15, 0.2) is 48.7 Å². The molecule has 0 saturated carbocycles. The number of hydrogen-bond donors (Lipinski definition) is 1. The maximum Gasteiger partial charge on any atom is 0.224 e. The summed E-state index contributed by atoms with van der Waals surface area (Å²) in [5.41, 5.74) is 3.15. The number of hydrogen-bond acceptors (Lipinski definition) is 3. The Morgan fingerprint density at radius 1 is 1.08 bits per heavy atom. The first-order valence-corrected chi connectivity index (χ1v) is 8.13. The Morgan fingerprint density at radius 2 is 1.84 bits per heavy atom. The molecule has 1 N–H and O–H groups in total. The van der Waals surface area contributed by atoms with E-state index in [0.29, 0.717) is 24.5 Å². The molecule has 2 aromatic carbocycles. The Kier molecular flexibility index (Phi) is 4.93. The lowest BCUT2D eigenvalue weighted by Crippen LogP contribution is -2.24. The number of ether oxygens (including phenoxy) is 2. The Hall–Kier alpha value is -2.95. The van der Waals surface area contributed by atoms with Crippen molar-refractivity contribution < 1.29 is 14.3 Å². The highest BCUT2D eigenvalue weighted by molar-refractivity contribution is 5.85. The predicted octanol–water partition coefficient (Wildman–Crippen LogP) is 3.05. The number of benzene rings is 2. The molecule has 0 atom stereocenters. The topological polar surface area (TPSA) is 52.5 Å². The fourth-order valence-electron chi connectivity index (χ4n) is 3.00. The predicted molar refractivity (Wildman–Crippen MR) is 98.0 cm³/mol. The van der Waals surface area contributed by atoms with E-state index in [1.165, 1.54) is 0 Å². The molecule has 0 radical (unpaired) electrons. The standard InChI is InChI=1S/C20H22N2O3/c1-22-13-15(16-6-4-5-7-17(16)22)12-21-20(23)11-14-8-9-18(24-2)19(10-14)25-3/h4-10,13H,11-12H2,1-3H3,(H,21,23). The maximum absolute atomic E-state index is 12.3. The van der Waals surface area contributed by atoms with Gasteiger partial charge in [0, 0.05) is 30.7 Å². The molecule has 0 aliphatic carbocycles. The van der Waals surface area contributed by atoms with Crippen LogP contribution in [0.2, 0.25) is 0 Å². The fourth-order valence-corrected chi connectivity index (χ4v) is 3.00. The molecule has 0 unspecified atom stereocenters. The largest absolute Gasteiger partial charge is 0.493 e. The summed E-state index contributed by atoms with van der Waals surface area (Å²) in [4.78, 5) is 12.3. The van der Waals surface area contributed by atoms with E-state index in [4.69, 9.17) is 9.47 Å². The van der Waals surface area contributed by atoms with Gasteiger partial charge in [-0.2, -0.15) is 0 Å². The minimum absolute atomic E-state index is 0.0276. The van der Waals surface area contributed by atoms with E-state index in [1.54, 1.807) is 14.2 Å². The Bertz CT molecular complexity index is 899. The molecule has 0 aliphatic heterocycles. The van der Waals surface area contributed by atoms with Crippen LogP contribution >= 0.6 is 0 Å². The van der Waals surface area contributed by atoms with Crippen LogP contribution in [-0.2, 0) is 24.8 Å². The number of aryl methyl sites for hydroxylation is 1. The second kappa shape index (κ2) is 7.30. The minimum atomic E-state index is -0.0276. The summed E-state index contributed by atoms with van der Waals surface area (Å²) in [7, 11) is 5.19. The first-order valence-electron chi connectivity index (χ1n) is 8.13. The van der Waals surface area contributed by atoms with Crippen LogP contribution in [-0.4, -0.2) is 24.7 Å². The number of methoxy groups -OCH3 is 2. The molecule has 0 fully saturated rings. The molecular formula is C20H22N2O3. The molecule has 1 heterocycles. The van der Waals surface area contributed by atoms with E-state index < -0.39 is 0 Å². The Balaban J connectivity index is 1.67. The number of rotatable bonds is 6. The van der Waals surface area contributed by atoms with Crippen molar-refractivity contribution in [2.75, 3.05) is 14.2 Å². The molecule has 0 saturated heterocycles. The van der Waals surface area contributed by atoms with Crippen molar-refractivity contribution in [1.29, 1.82) is 0 Å². The number of para-hydroxylation sites is 1. The van der Waals surface area contributed by atoms with Crippen molar-refractivity contribution in [3.63, 3.8) is 0 Å². The lowest BCUT2D eigenvalue weighted by atomic mass is 10.1. The zero-order chi connectivity index (χ0) is 17.8. The van der Waals surface area contributed by atoms with Crippen LogP contribution in [0.25, 0.3) is 10.9 Å². The van der Waals surface area contributed by atoms with Crippen molar-refractivity contribution >= 4 is 16.8 Å². The molecule has 1 amide bonds. The van der Waals surface area contributed by atoms with Gasteiger partial charge in [-0.1, -0.05) is 24.3 Å². The van der Waals surface area contributed by atoms with Gasteiger partial charge in [-0.05, 0) is 29.3 Å². The number of aromatic nitrogens is 1. The van der Waals surface area contributed by atoms with Gasteiger partial charge in [-0.15, -0.1) is 0 Å². The SMILES string of the molecule is COc1ccc(CC(=O)NCc2cn(C)c3ccccc23)cc1OC. The Morgan fingerprint density at radius 3 is 2.60 bits per heavy atom. The van der Waals surface area contributed by atoms with Crippen LogP contribution in [0.4, 0.5) is 0 Å². The molecule has 0 aliphatic rings. The summed E-state index contributed by atoms with van der Waals surface area (Å²) in [6.07, 6.45) is 2.35. The van der Waals surface area contributed by atoms with Crippen LogP contribution in [0, 0.1) is 0 Å². The van der Waals surface area contributed by atoms with Crippen molar-refractivity contribution in [2.24, 2.45) is 7.05 Å². The molecular weight excluding hydrogens is 316 g/mol. The number of carbonyl (C=O) groups is 1. The van der Waals surface area contributed by atoms with E-state index >= 15 is 0 Å². The number of nitrogens with zero attached hydrogens (tertiary/aromatic N) is 1. The highest BCUT2D eigenvalue weighted by Gasteiger charge is 2.10. The zero-order valence-corrected chi connectivity index (χ0v) is 14.7. The van der Waals surface area contributed by atoms with E-state index in [-0.39, 0.29) is 5.91 Å². The lowest BCUT2D eigenvalue weighted by molar-refractivity contribution is -0.120. The van der Waals surface area contributed by atoms with E-state index in [2.05, 4.69) is 28.2 Å². The number of amides is 1. The lowest BCUT2D eigenvalue weighted by Gasteiger charge is -2.10. The van der Waals surface area contributed by atoms with Crippen molar-refractivity contribution in [2.45, 2.75) is 13.0 Å². The van der Waals surface area contributed by atoms with Gasteiger partial charge in [0.15, 0.2) is 11.5 Å². The van der Waals surface area contributed by atoms with Gasteiger partial charge >= 0.3 is 0 Å². The third-order valence-corrected chi connectivity index (χ3v) is 4.27. The summed E-state index contributed by atoms with van der Waals surface area (Å²) in [5, 5.41) is 4.16. The zero-order valence-electron chi connectivity index (χ0n) is 14.7. The summed E-state index contributed by atoms with van der Waals surface area (Å²) in [6.45, 7) is 0.507. The van der Waals surface area contributed by atoms with Gasteiger partial charge in [0.25, 0.3) is 0 Å². The first-order chi connectivity index (χ1) is 12.1. The Labute approximate surface area is 147 Å². The number of carbonyl (C=O) groups excluding carboxylic acids is 1. The molecule has 5 nitrogen and oxygen atoms in total. The van der Waals surface area contributed by atoms with Gasteiger partial charge < -0.3 is 19.4 Å². The van der Waals surface area contributed by atoms with Gasteiger partial charge in [0.1, 0.15) is 0 Å². The van der Waals surface area contributed by atoms with Crippen molar-refractivity contribution in [3.05, 3.63) is 59.8 Å². The quantitative estimate of drug-likeness (QED) is 0.751. The van der Waals surface area contributed by atoms with Crippen molar-refractivity contribution in [1.82, 2.24) is 9.88 Å². The van der Waals surface area contributed by atoms with Gasteiger partial charge in [-0.25, -0.2) is 0 Å². The third-order valence-electron chi connectivity index (χ3n) is 4.27. The molecule has 3 rings (SSSR count). The van der Waals surface area contributed by atoms with Gasteiger partial charge in [0.2, 0.25) is 5.91 Å². The number of fused-ring (bicyclic) bond motifs is 1. The van der Waals surface area contributed by atoms with E-state index in [1.807, 2.05) is 37.4 Å². The molecule has 1 aromatic heterocycles. The number of nitrogens with one attached hydrogen (secondary N) is 1. The van der Waals surface area contributed by atoms with E-state index in [0.717, 1.165) is 22.0 Å². The van der Waals surface area contributed by atoms with Crippen LogP contribution < -0.4 is 14.8 Å². The monoisotopic (exact) mass is 338 g/mol. The highest BCUT2D eigenvalue weighted by Crippen LogP contribution is 2.27. The van der Waals surface area contributed by atoms with Crippen LogP contribution in [0.5, 0.6) is 11.5 Å². The third kappa shape index (κ3) is 3.60. The molecule has 0 bridgehead atoms. The maximum atomic E-state index is 12.3. The molecule has 0 spiro atoms. The summed E-state index contributed by atoms with van der Waals surface area (Å²) >= 11 is 0. The second-order valence-electron chi connectivity index (χ2n) is 5.93. The van der Waals surface area contributed by atoms with Crippen molar-refractivity contribution in [3.8, 4) is 11.5 Å². The normalized spacial score (nSPS) is 10.7. The average molecular weight is 338 g/mol. The van der Waals surface area contributed by atoms with Gasteiger partial charge in [-0.3, -0.25) is 4.79 Å². The fraction of sp³-hybridized carbons (Fsp3) is 0.250. The summed E-state index contributed by atoms with van der Waals surface area (Å²) in [6, 6.07) is 13.7. The molecule has 25 heavy (non-hydrogen) atoms. The molecule has 130 valence electrons. The summed E-state index contributed by atoms with van der Waals surface area (Å²) < 4.78 is 12.6. The molecule has 5 heteroatoms. The van der Waals surface area contributed by atoms with Crippen LogP contribution in [0.1, 0.15) is 11.1 Å². The average Bonchev–Trinajstić information content (AvgIpc) is 2.96.